The Morgan fingerprint density at radius 2 is 2.14 bits per heavy atom. The number of carbonyl (C=O) groups is 1. The van der Waals surface area contributed by atoms with Gasteiger partial charge in [0.25, 0.3) is 5.91 Å². The van der Waals surface area contributed by atoms with E-state index < -0.39 is 0 Å². The summed E-state index contributed by atoms with van der Waals surface area (Å²) in [6.45, 7) is 7.32. The van der Waals surface area contributed by atoms with Gasteiger partial charge in [0.15, 0.2) is 0 Å². The van der Waals surface area contributed by atoms with Crippen molar-refractivity contribution in [3.63, 3.8) is 0 Å². The minimum absolute atomic E-state index is 0.0559. The predicted molar refractivity (Wildman–Crippen MR) is 83.2 cm³/mol. The number of ether oxygens (including phenoxy) is 1. The summed E-state index contributed by atoms with van der Waals surface area (Å²) in [7, 11) is 0. The molecule has 122 valence electrons. The number of nitrogens with zero attached hydrogens (tertiary/aromatic N) is 3. The van der Waals surface area contributed by atoms with E-state index in [4.69, 9.17) is 9.84 Å². The Kier molecular flexibility index (Phi) is 6.09. The van der Waals surface area contributed by atoms with Crippen LogP contribution in [0.25, 0.3) is 0 Å². The van der Waals surface area contributed by atoms with Crippen LogP contribution in [0.3, 0.4) is 0 Å². The number of nitrogens with one attached hydrogen (secondary N) is 1. The molecule has 1 aromatic heterocycles. The third-order valence-corrected chi connectivity index (χ3v) is 3.47. The van der Waals surface area contributed by atoms with Crippen molar-refractivity contribution in [2.45, 2.75) is 26.2 Å². The van der Waals surface area contributed by atoms with Gasteiger partial charge in [0.05, 0.1) is 13.2 Å². The maximum atomic E-state index is 12.2. The molecule has 0 bridgehead atoms. The van der Waals surface area contributed by atoms with Gasteiger partial charge in [0.1, 0.15) is 5.69 Å². The summed E-state index contributed by atoms with van der Waals surface area (Å²) in [6, 6.07) is 1.74. The molecular formula is C15H24N4O3. The van der Waals surface area contributed by atoms with Crippen LogP contribution in [0.1, 0.15) is 42.4 Å². The lowest BCUT2D eigenvalue weighted by Gasteiger charge is -2.27. The molecule has 1 aliphatic rings. The standard InChI is InChI=1S/C15H24N4O3/c1-11(2)12-10-13(14(21)16-4-3-7-20)18-15(17-12)19-5-8-22-9-6-19/h10-11,20H,3-9H2,1-2H3,(H,16,21). The van der Waals surface area contributed by atoms with Crippen molar-refractivity contribution in [3.8, 4) is 0 Å². The van der Waals surface area contributed by atoms with Crippen LogP contribution in [0.15, 0.2) is 6.07 Å². The number of amides is 1. The van der Waals surface area contributed by atoms with Gasteiger partial charge in [-0.05, 0) is 18.4 Å². The fraction of sp³-hybridized carbons (Fsp3) is 0.667. The summed E-state index contributed by atoms with van der Waals surface area (Å²) in [6.07, 6.45) is 0.532. The lowest BCUT2D eigenvalue weighted by Crippen LogP contribution is -2.38. The molecule has 2 rings (SSSR count). The highest BCUT2D eigenvalue weighted by molar-refractivity contribution is 5.92. The molecule has 2 N–H and O–H groups in total. The summed E-state index contributed by atoms with van der Waals surface area (Å²) in [4.78, 5) is 23.2. The SMILES string of the molecule is CC(C)c1cc(C(=O)NCCCO)nc(N2CCOCC2)n1. The minimum Gasteiger partial charge on any atom is -0.396 e. The third kappa shape index (κ3) is 4.38. The van der Waals surface area contributed by atoms with Crippen LogP contribution < -0.4 is 10.2 Å². The molecule has 0 aromatic carbocycles. The molecule has 1 amide bonds. The minimum atomic E-state index is -0.229. The fourth-order valence-electron chi connectivity index (χ4n) is 2.14. The summed E-state index contributed by atoms with van der Waals surface area (Å²) in [5, 5.41) is 11.5. The van der Waals surface area contributed by atoms with Gasteiger partial charge in [0.2, 0.25) is 5.95 Å². The molecule has 0 aliphatic carbocycles. The number of rotatable bonds is 6. The average molecular weight is 308 g/mol. The predicted octanol–water partition coefficient (Wildman–Crippen LogP) is 0.549. The van der Waals surface area contributed by atoms with Crippen molar-refractivity contribution in [3.05, 3.63) is 17.5 Å². The van der Waals surface area contributed by atoms with Crippen molar-refractivity contribution in [1.82, 2.24) is 15.3 Å². The lowest BCUT2D eigenvalue weighted by atomic mass is 10.1. The van der Waals surface area contributed by atoms with Gasteiger partial charge in [-0.1, -0.05) is 13.8 Å². The number of aliphatic hydroxyl groups excluding tert-OH is 1. The topological polar surface area (TPSA) is 87.6 Å². The zero-order valence-electron chi connectivity index (χ0n) is 13.2. The van der Waals surface area contributed by atoms with Crippen molar-refractivity contribution >= 4 is 11.9 Å². The summed E-state index contributed by atoms with van der Waals surface area (Å²) in [5.41, 5.74) is 1.22. The van der Waals surface area contributed by atoms with E-state index in [9.17, 15) is 4.79 Å². The quantitative estimate of drug-likeness (QED) is 0.746. The fourth-order valence-corrected chi connectivity index (χ4v) is 2.14. The van der Waals surface area contributed by atoms with E-state index in [1.54, 1.807) is 6.07 Å². The number of anilines is 1. The van der Waals surface area contributed by atoms with Crippen molar-refractivity contribution in [2.24, 2.45) is 0 Å². The number of hydrogen-bond acceptors (Lipinski definition) is 6. The van der Waals surface area contributed by atoms with Crippen molar-refractivity contribution in [1.29, 1.82) is 0 Å². The first-order chi connectivity index (χ1) is 10.6. The number of morpholine rings is 1. The number of carbonyl (C=O) groups excluding carboxylic acids is 1. The Bertz CT molecular complexity index is 502. The molecule has 0 atom stereocenters. The van der Waals surface area contributed by atoms with Crippen LogP contribution >= 0.6 is 0 Å². The Morgan fingerprint density at radius 1 is 1.41 bits per heavy atom. The highest BCUT2D eigenvalue weighted by atomic mass is 16.5. The second kappa shape index (κ2) is 8.05. The van der Waals surface area contributed by atoms with Gasteiger partial charge in [-0.3, -0.25) is 4.79 Å². The van der Waals surface area contributed by atoms with E-state index in [-0.39, 0.29) is 18.4 Å². The smallest absolute Gasteiger partial charge is 0.270 e. The van der Waals surface area contributed by atoms with Gasteiger partial charge < -0.3 is 20.1 Å². The van der Waals surface area contributed by atoms with Crippen LogP contribution in [-0.2, 0) is 4.74 Å². The van der Waals surface area contributed by atoms with Crippen molar-refractivity contribution < 1.29 is 14.6 Å². The van der Waals surface area contributed by atoms with Gasteiger partial charge in [-0.25, -0.2) is 9.97 Å². The molecular weight excluding hydrogens is 284 g/mol. The molecule has 1 aliphatic heterocycles. The second-order valence-corrected chi connectivity index (χ2v) is 5.57. The molecule has 0 saturated carbocycles. The highest BCUT2D eigenvalue weighted by Gasteiger charge is 2.19. The summed E-state index contributed by atoms with van der Waals surface area (Å²) in [5.74, 6) is 0.570. The van der Waals surface area contributed by atoms with Gasteiger partial charge in [0, 0.05) is 31.9 Å². The zero-order chi connectivity index (χ0) is 15.9. The maximum Gasteiger partial charge on any atom is 0.270 e. The van der Waals surface area contributed by atoms with E-state index in [0.717, 1.165) is 18.8 Å². The van der Waals surface area contributed by atoms with Gasteiger partial charge >= 0.3 is 0 Å². The Labute approximate surface area is 130 Å². The van der Waals surface area contributed by atoms with E-state index in [1.807, 2.05) is 18.7 Å². The van der Waals surface area contributed by atoms with E-state index in [1.165, 1.54) is 0 Å². The second-order valence-electron chi connectivity index (χ2n) is 5.57. The van der Waals surface area contributed by atoms with Gasteiger partial charge in [-0.15, -0.1) is 0 Å². The Hall–Kier alpha value is -1.73. The van der Waals surface area contributed by atoms with E-state index in [0.29, 0.717) is 37.8 Å². The van der Waals surface area contributed by atoms with Crippen LogP contribution in [0.5, 0.6) is 0 Å². The molecule has 0 unspecified atom stereocenters. The zero-order valence-corrected chi connectivity index (χ0v) is 13.2. The summed E-state index contributed by atoms with van der Waals surface area (Å²) < 4.78 is 5.34. The molecule has 1 saturated heterocycles. The molecule has 7 nitrogen and oxygen atoms in total. The molecule has 2 heterocycles. The van der Waals surface area contributed by atoms with Gasteiger partial charge in [-0.2, -0.15) is 0 Å². The van der Waals surface area contributed by atoms with E-state index >= 15 is 0 Å². The number of aliphatic hydroxyl groups is 1. The monoisotopic (exact) mass is 308 g/mol. The molecule has 7 heteroatoms. The molecule has 22 heavy (non-hydrogen) atoms. The molecule has 1 aromatic rings. The number of hydrogen-bond donors (Lipinski definition) is 2. The first-order valence-corrected chi connectivity index (χ1v) is 7.72. The first-order valence-electron chi connectivity index (χ1n) is 7.72. The van der Waals surface area contributed by atoms with E-state index in [2.05, 4.69) is 15.3 Å². The summed E-state index contributed by atoms with van der Waals surface area (Å²) >= 11 is 0. The number of aromatic nitrogens is 2. The maximum absolute atomic E-state index is 12.2. The normalized spacial score (nSPS) is 15.2. The lowest BCUT2D eigenvalue weighted by molar-refractivity contribution is 0.0945. The first kappa shape index (κ1) is 16.6. The molecule has 0 spiro atoms. The third-order valence-electron chi connectivity index (χ3n) is 3.47. The van der Waals surface area contributed by atoms with Crippen LogP contribution in [0, 0.1) is 0 Å². The Balaban J connectivity index is 2.20. The van der Waals surface area contributed by atoms with Crippen LogP contribution in [-0.4, -0.2) is 60.4 Å². The van der Waals surface area contributed by atoms with Crippen LogP contribution in [0.4, 0.5) is 5.95 Å². The van der Waals surface area contributed by atoms with Crippen molar-refractivity contribution in [2.75, 3.05) is 44.4 Å². The largest absolute Gasteiger partial charge is 0.396 e. The average Bonchev–Trinajstić information content (AvgIpc) is 2.55. The van der Waals surface area contributed by atoms with Crippen LogP contribution in [0.2, 0.25) is 0 Å². The highest BCUT2D eigenvalue weighted by Crippen LogP contribution is 2.18. The molecule has 0 radical (unpaired) electrons. The molecule has 1 fully saturated rings. The Morgan fingerprint density at radius 3 is 2.77 bits per heavy atom.